The van der Waals surface area contributed by atoms with Crippen molar-refractivity contribution in [3.63, 3.8) is 0 Å². The molecule has 19 heavy (non-hydrogen) atoms. The van der Waals surface area contributed by atoms with Gasteiger partial charge in [-0.2, -0.15) is 0 Å². The van der Waals surface area contributed by atoms with Crippen LogP contribution in [-0.2, 0) is 4.79 Å². The number of aromatic nitrogens is 1. The topological polar surface area (TPSA) is 45.2 Å². The van der Waals surface area contributed by atoms with Crippen LogP contribution in [0.1, 0.15) is 32.1 Å². The minimum absolute atomic E-state index is 0.0428. The first-order valence-corrected chi connectivity index (χ1v) is 7.21. The van der Waals surface area contributed by atoms with Gasteiger partial charge in [0.25, 0.3) is 0 Å². The number of fused-ring (bicyclic) bond motifs is 1. The van der Waals surface area contributed by atoms with Crippen LogP contribution in [-0.4, -0.2) is 30.0 Å². The van der Waals surface area contributed by atoms with E-state index in [1.165, 1.54) is 12.8 Å². The first-order chi connectivity index (χ1) is 9.31. The predicted octanol–water partition coefficient (Wildman–Crippen LogP) is 1.97. The van der Waals surface area contributed by atoms with Crippen LogP contribution in [0, 0.1) is 5.92 Å². The highest BCUT2D eigenvalue weighted by Crippen LogP contribution is 2.38. The number of anilines is 1. The third-order valence-electron chi connectivity index (χ3n) is 4.60. The SMILES string of the molecule is CNC1CCC2CCCC2N(c2ccncc2)C1=O. The number of hydrogen-bond donors (Lipinski definition) is 1. The smallest absolute Gasteiger partial charge is 0.244 e. The van der Waals surface area contributed by atoms with E-state index in [0.29, 0.717) is 12.0 Å². The molecule has 4 nitrogen and oxygen atoms in total. The maximum absolute atomic E-state index is 12.8. The van der Waals surface area contributed by atoms with Crippen LogP contribution in [0.3, 0.4) is 0 Å². The summed E-state index contributed by atoms with van der Waals surface area (Å²) in [5.41, 5.74) is 0.999. The van der Waals surface area contributed by atoms with Crippen molar-refractivity contribution < 1.29 is 4.79 Å². The van der Waals surface area contributed by atoms with Crippen molar-refractivity contribution in [3.05, 3.63) is 24.5 Å². The third kappa shape index (κ3) is 2.25. The molecule has 0 bridgehead atoms. The average molecular weight is 259 g/mol. The fourth-order valence-electron chi connectivity index (χ4n) is 3.62. The Morgan fingerprint density at radius 3 is 2.74 bits per heavy atom. The molecule has 4 heteroatoms. The highest BCUT2D eigenvalue weighted by atomic mass is 16.2. The number of pyridine rings is 1. The standard InChI is InChI=1S/C15H21N3O/c1-16-13-6-5-11-3-2-4-14(11)18(15(13)19)12-7-9-17-10-8-12/h7-11,13-14,16H,2-6H2,1H3. The van der Waals surface area contributed by atoms with Gasteiger partial charge in [0.05, 0.1) is 6.04 Å². The molecule has 2 fully saturated rings. The minimum atomic E-state index is -0.0428. The summed E-state index contributed by atoms with van der Waals surface area (Å²) in [5, 5.41) is 3.18. The van der Waals surface area contributed by atoms with E-state index in [1.54, 1.807) is 12.4 Å². The number of rotatable bonds is 2. The maximum Gasteiger partial charge on any atom is 0.244 e. The quantitative estimate of drug-likeness (QED) is 0.883. The zero-order valence-electron chi connectivity index (χ0n) is 11.4. The van der Waals surface area contributed by atoms with Crippen LogP contribution in [0.2, 0.25) is 0 Å². The van der Waals surface area contributed by atoms with E-state index in [2.05, 4.69) is 10.3 Å². The molecule has 0 aromatic carbocycles. The van der Waals surface area contributed by atoms with Crippen molar-refractivity contribution in [2.24, 2.45) is 5.92 Å². The summed E-state index contributed by atoms with van der Waals surface area (Å²) >= 11 is 0. The largest absolute Gasteiger partial charge is 0.309 e. The first-order valence-electron chi connectivity index (χ1n) is 7.21. The highest BCUT2D eigenvalue weighted by molar-refractivity contribution is 5.98. The van der Waals surface area contributed by atoms with E-state index >= 15 is 0 Å². The molecule has 1 aromatic heterocycles. The number of likely N-dealkylation sites (N-methyl/N-ethyl adjacent to an activating group) is 1. The van der Waals surface area contributed by atoms with E-state index in [1.807, 2.05) is 24.1 Å². The van der Waals surface area contributed by atoms with Gasteiger partial charge in [-0.3, -0.25) is 9.78 Å². The highest BCUT2D eigenvalue weighted by Gasteiger charge is 2.40. The summed E-state index contributed by atoms with van der Waals surface area (Å²) < 4.78 is 0. The summed E-state index contributed by atoms with van der Waals surface area (Å²) in [6.07, 6.45) is 9.29. The van der Waals surface area contributed by atoms with E-state index < -0.39 is 0 Å². The lowest BCUT2D eigenvalue weighted by Gasteiger charge is -2.32. The Morgan fingerprint density at radius 1 is 1.21 bits per heavy atom. The second-order valence-corrected chi connectivity index (χ2v) is 5.59. The number of carbonyl (C=O) groups is 1. The Morgan fingerprint density at radius 2 is 2.00 bits per heavy atom. The van der Waals surface area contributed by atoms with Gasteiger partial charge >= 0.3 is 0 Å². The first kappa shape index (κ1) is 12.6. The molecule has 0 radical (unpaired) electrons. The van der Waals surface area contributed by atoms with Gasteiger partial charge in [-0.15, -0.1) is 0 Å². The Balaban J connectivity index is 1.97. The van der Waals surface area contributed by atoms with E-state index in [0.717, 1.165) is 24.9 Å². The van der Waals surface area contributed by atoms with Crippen molar-refractivity contribution >= 4 is 11.6 Å². The Bertz CT molecular complexity index is 448. The van der Waals surface area contributed by atoms with E-state index in [-0.39, 0.29) is 11.9 Å². The number of nitrogens with zero attached hydrogens (tertiary/aromatic N) is 2. The van der Waals surface area contributed by atoms with Crippen molar-refractivity contribution in [1.29, 1.82) is 0 Å². The monoisotopic (exact) mass is 259 g/mol. The van der Waals surface area contributed by atoms with Crippen LogP contribution >= 0.6 is 0 Å². The van der Waals surface area contributed by atoms with Crippen LogP contribution < -0.4 is 10.2 Å². The lowest BCUT2D eigenvalue weighted by molar-refractivity contribution is -0.120. The summed E-state index contributed by atoms with van der Waals surface area (Å²) in [4.78, 5) is 18.9. The number of hydrogen-bond acceptors (Lipinski definition) is 3. The lowest BCUT2D eigenvalue weighted by Crippen LogP contribution is -2.48. The van der Waals surface area contributed by atoms with Crippen LogP contribution in [0.25, 0.3) is 0 Å². The summed E-state index contributed by atoms with van der Waals surface area (Å²) in [6, 6.07) is 4.24. The molecule has 1 aromatic rings. The molecule has 0 spiro atoms. The van der Waals surface area contributed by atoms with Gasteiger partial charge in [-0.25, -0.2) is 0 Å². The molecular formula is C15H21N3O. The fraction of sp³-hybridized carbons (Fsp3) is 0.600. The molecule has 3 atom stereocenters. The Hall–Kier alpha value is -1.42. The van der Waals surface area contributed by atoms with E-state index in [4.69, 9.17) is 0 Å². The van der Waals surface area contributed by atoms with Gasteiger partial charge in [0.2, 0.25) is 5.91 Å². The zero-order chi connectivity index (χ0) is 13.2. The van der Waals surface area contributed by atoms with E-state index in [9.17, 15) is 4.79 Å². The maximum atomic E-state index is 12.8. The molecule has 1 N–H and O–H groups in total. The minimum Gasteiger partial charge on any atom is -0.309 e. The number of amides is 1. The normalized spacial score (nSPS) is 31.1. The van der Waals surface area contributed by atoms with Gasteiger partial charge in [0, 0.05) is 24.1 Å². The average Bonchev–Trinajstić information content (AvgIpc) is 2.84. The molecule has 1 saturated heterocycles. The van der Waals surface area contributed by atoms with Crippen molar-refractivity contribution in [2.45, 2.75) is 44.2 Å². The third-order valence-corrected chi connectivity index (χ3v) is 4.60. The van der Waals surface area contributed by atoms with Crippen LogP contribution in [0.4, 0.5) is 5.69 Å². The molecule has 3 rings (SSSR count). The van der Waals surface area contributed by atoms with Crippen molar-refractivity contribution in [3.8, 4) is 0 Å². The van der Waals surface area contributed by atoms with Gasteiger partial charge in [0.1, 0.15) is 0 Å². The van der Waals surface area contributed by atoms with Crippen molar-refractivity contribution in [2.75, 3.05) is 11.9 Å². The molecule has 3 unspecified atom stereocenters. The predicted molar refractivity (Wildman–Crippen MR) is 74.9 cm³/mol. The van der Waals surface area contributed by atoms with Crippen LogP contribution in [0.15, 0.2) is 24.5 Å². The summed E-state index contributed by atoms with van der Waals surface area (Å²) in [5.74, 6) is 0.888. The second kappa shape index (κ2) is 5.29. The van der Waals surface area contributed by atoms with Gasteiger partial charge < -0.3 is 10.2 Å². The molecule has 1 aliphatic heterocycles. The molecule has 1 saturated carbocycles. The summed E-state index contributed by atoms with van der Waals surface area (Å²) in [7, 11) is 1.88. The van der Waals surface area contributed by atoms with Crippen molar-refractivity contribution in [1.82, 2.24) is 10.3 Å². The molecular weight excluding hydrogens is 238 g/mol. The zero-order valence-corrected chi connectivity index (χ0v) is 11.4. The molecule has 1 aliphatic carbocycles. The molecule has 2 heterocycles. The fourth-order valence-corrected chi connectivity index (χ4v) is 3.62. The summed E-state index contributed by atoms with van der Waals surface area (Å²) in [6.45, 7) is 0. The van der Waals surface area contributed by atoms with Gasteiger partial charge in [0.15, 0.2) is 0 Å². The second-order valence-electron chi connectivity index (χ2n) is 5.59. The number of nitrogens with one attached hydrogen (secondary N) is 1. The number of carbonyl (C=O) groups excluding carboxylic acids is 1. The van der Waals surface area contributed by atoms with Gasteiger partial charge in [-0.1, -0.05) is 6.42 Å². The van der Waals surface area contributed by atoms with Gasteiger partial charge in [-0.05, 0) is 50.8 Å². The molecule has 102 valence electrons. The Kier molecular flexibility index (Phi) is 3.51. The van der Waals surface area contributed by atoms with Crippen LogP contribution in [0.5, 0.6) is 0 Å². The molecule has 2 aliphatic rings. The Labute approximate surface area is 114 Å². The lowest BCUT2D eigenvalue weighted by atomic mass is 9.97. The molecule has 1 amide bonds.